The van der Waals surface area contributed by atoms with Crippen molar-refractivity contribution < 1.29 is 18.6 Å². The lowest BCUT2D eigenvalue weighted by atomic mass is 10.2. The van der Waals surface area contributed by atoms with Gasteiger partial charge < -0.3 is 9.26 Å². The molecule has 64 valence electrons. The van der Waals surface area contributed by atoms with Crippen molar-refractivity contribution in [1.82, 2.24) is 0 Å². The van der Waals surface area contributed by atoms with Crippen LogP contribution in [-0.4, -0.2) is 25.3 Å². The van der Waals surface area contributed by atoms with Crippen molar-refractivity contribution in [3.05, 3.63) is 0 Å². The SMILES string of the molecule is CO[PH](=O)C1CCOC(=O)C1. The van der Waals surface area contributed by atoms with Gasteiger partial charge in [-0.1, -0.05) is 0 Å². The Morgan fingerprint density at radius 1 is 1.73 bits per heavy atom. The Labute approximate surface area is 65.7 Å². The predicted octanol–water partition coefficient (Wildman–Crippen LogP) is 0.813. The molecule has 2 atom stereocenters. The quantitative estimate of drug-likeness (QED) is 0.463. The molecule has 0 bridgehead atoms. The normalized spacial score (nSPS) is 27.7. The van der Waals surface area contributed by atoms with Crippen molar-refractivity contribution in [2.75, 3.05) is 13.7 Å². The number of esters is 1. The van der Waals surface area contributed by atoms with Gasteiger partial charge >= 0.3 is 5.97 Å². The number of hydrogen-bond donors (Lipinski definition) is 0. The number of hydrogen-bond acceptors (Lipinski definition) is 4. The second kappa shape index (κ2) is 3.88. The van der Waals surface area contributed by atoms with Crippen molar-refractivity contribution in [2.45, 2.75) is 18.5 Å². The highest BCUT2D eigenvalue weighted by atomic mass is 31.1. The van der Waals surface area contributed by atoms with Gasteiger partial charge in [-0.25, -0.2) is 0 Å². The second-order valence-electron chi connectivity index (χ2n) is 2.43. The van der Waals surface area contributed by atoms with Gasteiger partial charge in [-0.05, 0) is 6.42 Å². The molecule has 0 amide bonds. The minimum Gasteiger partial charge on any atom is -0.466 e. The van der Waals surface area contributed by atoms with E-state index < -0.39 is 8.03 Å². The van der Waals surface area contributed by atoms with Crippen molar-refractivity contribution in [2.24, 2.45) is 0 Å². The van der Waals surface area contributed by atoms with Crippen LogP contribution in [0.5, 0.6) is 0 Å². The maximum atomic E-state index is 11.1. The molecular weight excluding hydrogens is 167 g/mol. The van der Waals surface area contributed by atoms with Crippen LogP contribution in [-0.2, 0) is 18.6 Å². The van der Waals surface area contributed by atoms with E-state index in [-0.39, 0.29) is 18.0 Å². The molecule has 0 spiro atoms. The van der Waals surface area contributed by atoms with Crippen LogP contribution in [0.3, 0.4) is 0 Å². The first-order valence-electron chi connectivity index (χ1n) is 3.47. The maximum absolute atomic E-state index is 11.1. The molecule has 11 heavy (non-hydrogen) atoms. The zero-order valence-corrected chi connectivity index (χ0v) is 7.33. The summed E-state index contributed by atoms with van der Waals surface area (Å²) < 4.78 is 20.4. The minimum absolute atomic E-state index is 0.105. The Morgan fingerprint density at radius 2 is 2.45 bits per heavy atom. The Balaban J connectivity index is 2.45. The number of carbonyl (C=O) groups excluding carboxylic acids is 1. The van der Waals surface area contributed by atoms with Crippen LogP contribution < -0.4 is 0 Å². The third kappa shape index (κ3) is 2.31. The highest BCUT2D eigenvalue weighted by Crippen LogP contribution is 2.34. The van der Waals surface area contributed by atoms with E-state index in [0.717, 1.165) is 0 Å². The minimum atomic E-state index is -2.01. The first-order chi connectivity index (χ1) is 5.24. The summed E-state index contributed by atoms with van der Waals surface area (Å²) in [4.78, 5) is 10.7. The van der Waals surface area contributed by atoms with E-state index in [9.17, 15) is 9.36 Å². The summed E-state index contributed by atoms with van der Waals surface area (Å²) in [5.74, 6) is -0.267. The van der Waals surface area contributed by atoms with E-state index in [1.165, 1.54) is 7.11 Å². The zero-order chi connectivity index (χ0) is 8.27. The molecule has 5 heteroatoms. The lowest BCUT2D eigenvalue weighted by Gasteiger charge is -2.19. The van der Waals surface area contributed by atoms with E-state index in [1.807, 2.05) is 0 Å². The molecule has 1 saturated heterocycles. The fraction of sp³-hybridized carbons (Fsp3) is 0.833. The fourth-order valence-corrected chi connectivity index (χ4v) is 2.07. The largest absolute Gasteiger partial charge is 0.466 e. The molecule has 1 fully saturated rings. The Bertz CT molecular complexity index is 179. The van der Waals surface area contributed by atoms with Gasteiger partial charge in [0.25, 0.3) is 0 Å². The topological polar surface area (TPSA) is 52.6 Å². The van der Waals surface area contributed by atoms with Crippen molar-refractivity contribution in [1.29, 1.82) is 0 Å². The van der Waals surface area contributed by atoms with E-state index in [1.54, 1.807) is 0 Å². The molecule has 1 aliphatic rings. The van der Waals surface area contributed by atoms with Crippen LogP contribution in [0, 0.1) is 0 Å². The van der Waals surface area contributed by atoms with Gasteiger partial charge in [0, 0.05) is 12.8 Å². The predicted molar refractivity (Wildman–Crippen MR) is 40.0 cm³/mol. The van der Waals surface area contributed by atoms with E-state index in [4.69, 9.17) is 0 Å². The van der Waals surface area contributed by atoms with Gasteiger partial charge in [0.1, 0.15) is 0 Å². The summed E-state index contributed by atoms with van der Waals surface area (Å²) in [6, 6.07) is 0. The molecule has 0 aromatic heterocycles. The molecule has 4 nitrogen and oxygen atoms in total. The van der Waals surface area contributed by atoms with Crippen LogP contribution in [0.4, 0.5) is 0 Å². The summed E-state index contributed by atoms with van der Waals surface area (Å²) in [7, 11) is -0.609. The summed E-state index contributed by atoms with van der Waals surface area (Å²) in [6.07, 6.45) is 0.906. The number of rotatable bonds is 2. The molecule has 0 aromatic rings. The summed E-state index contributed by atoms with van der Waals surface area (Å²) in [6.45, 7) is 0.378. The van der Waals surface area contributed by atoms with E-state index in [2.05, 4.69) is 9.26 Å². The van der Waals surface area contributed by atoms with Crippen molar-refractivity contribution in [3.8, 4) is 0 Å². The van der Waals surface area contributed by atoms with Crippen molar-refractivity contribution in [3.63, 3.8) is 0 Å². The molecule has 1 heterocycles. The first-order valence-corrected chi connectivity index (χ1v) is 4.87. The summed E-state index contributed by atoms with van der Waals surface area (Å²) in [5, 5.41) is 0. The average Bonchev–Trinajstić information content (AvgIpc) is 2.03. The Hall–Kier alpha value is -0.340. The van der Waals surface area contributed by atoms with Crippen LogP contribution in [0.2, 0.25) is 0 Å². The first kappa shape index (κ1) is 8.75. The molecular formula is C6H11O4P. The van der Waals surface area contributed by atoms with Gasteiger partial charge in [0.2, 0.25) is 0 Å². The average molecular weight is 178 g/mol. The van der Waals surface area contributed by atoms with Crippen LogP contribution in [0.15, 0.2) is 0 Å². The summed E-state index contributed by atoms with van der Waals surface area (Å²) >= 11 is 0. The fourth-order valence-electron chi connectivity index (χ4n) is 1.05. The zero-order valence-electron chi connectivity index (χ0n) is 6.33. The van der Waals surface area contributed by atoms with Crippen LogP contribution >= 0.6 is 8.03 Å². The van der Waals surface area contributed by atoms with E-state index >= 15 is 0 Å². The van der Waals surface area contributed by atoms with Crippen LogP contribution in [0.25, 0.3) is 0 Å². The molecule has 0 aromatic carbocycles. The molecule has 0 radical (unpaired) electrons. The van der Waals surface area contributed by atoms with E-state index in [0.29, 0.717) is 13.0 Å². The third-order valence-electron chi connectivity index (χ3n) is 1.68. The monoisotopic (exact) mass is 178 g/mol. The van der Waals surface area contributed by atoms with Gasteiger partial charge in [0.15, 0.2) is 8.03 Å². The smallest absolute Gasteiger partial charge is 0.306 e. The highest BCUT2D eigenvalue weighted by molar-refractivity contribution is 7.40. The third-order valence-corrected chi connectivity index (χ3v) is 3.24. The number of carbonyl (C=O) groups is 1. The van der Waals surface area contributed by atoms with Gasteiger partial charge in [-0.2, -0.15) is 0 Å². The van der Waals surface area contributed by atoms with Gasteiger partial charge in [-0.15, -0.1) is 0 Å². The lowest BCUT2D eigenvalue weighted by molar-refractivity contribution is -0.146. The molecule has 0 N–H and O–H groups in total. The second-order valence-corrected chi connectivity index (χ2v) is 4.30. The van der Waals surface area contributed by atoms with Crippen molar-refractivity contribution >= 4 is 14.0 Å². The lowest BCUT2D eigenvalue weighted by Crippen LogP contribution is -2.22. The molecule has 2 unspecified atom stereocenters. The Kier molecular flexibility index (Phi) is 3.09. The molecule has 0 saturated carbocycles. The maximum Gasteiger partial charge on any atom is 0.306 e. The van der Waals surface area contributed by atoms with Gasteiger partial charge in [-0.3, -0.25) is 9.36 Å². The molecule has 1 rings (SSSR count). The highest BCUT2D eigenvalue weighted by Gasteiger charge is 2.25. The number of cyclic esters (lactones) is 1. The Morgan fingerprint density at radius 3 is 3.00 bits per heavy atom. The standard InChI is InChI=1S/C6H11O4P/c1-9-11(8)5-2-3-10-6(7)4-5/h5,11H,2-4H2,1H3. The molecule has 0 aliphatic carbocycles. The van der Waals surface area contributed by atoms with Crippen LogP contribution in [0.1, 0.15) is 12.8 Å². The molecule has 1 aliphatic heterocycles. The number of ether oxygens (including phenoxy) is 1. The summed E-state index contributed by atoms with van der Waals surface area (Å²) in [5.41, 5.74) is -0.105. The van der Waals surface area contributed by atoms with Gasteiger partial charge in [0.05, 0.1) is 13.0 Å².